The van der Waals surface area contributed by atoms with Crippen molar-refractivity contribution in [1.82, 2.24) is 0 Å². The first-order valence-corrected chi connectivity index (χ1v) is 6.58. The summed E-state index contributed by atoms with van der Waals surface area (Å²) in [4.78, 5) is 0. The Bertz CT molecular complexity index is 170. The van der Waals surface area contributed by atoms with Crippen molar-refractivity contribution >= 4 is 27.7 Å². The zero-order chi connectivity index (χ0) is 11.4. The lowest BCUT2D eigenvalue weighted by molar-refractivity contribution is -0.0329. The zero-order valence-corrected chi connectivity index (χ0v) is 11.0. The minimum Gasteiger partial charge on any atom is -0.160 e. The highest BCUT2D eigenvalue weighted by atomic mass is 79.9. The summed E-state index contributed by atoms with van der Waals surface area (Å²) < 4.78 is 35.7. The Kier molecular flexibility index (Phi) is 5.88. The van der Waals surface area contributed by atoms with Crippen LogP contribution in [0.1, 0.15) is 27.2 Å². The monoisotopic (exact) mass is 292 g/mol. The van der Waals surface area contributed by atoms with Gasteiger partial charge in [-0.05, 0) is 17.8 Å². The Morgan fingerprint density at radius 2 is 1.79 bits per heavy atom. The molecular formula is C9H16BrF3S. The molecule has 0 radical (unpaired) electrons. The molecule has 0 aromatic carbocycles. The second kappa shape index (κ2) is 5.64. The highest BCUT2D eigenvalue weighted by Crippen LogP contribution is 2.37. The second-order valence-electron chi connectivity index (χ2n) is 3.99. The molecule has 0 amide bonds. The predicted octanol–water partition coefficient (Wildman–Crippen LogP) is 4.69. The van der Waals surface area contributed by atoms with Crippen molar-refractivity contribution in [1.29, 1.82) is 0 Å². The quantitative estimate of drug-likeness (QED) is 0.663. The molecule has 86 valence electrons. The van der Waals surface area contributed by atoms with Gasteiger partial charge in [0.2, 0.25) is 0 Å². The van der Waals surface area contributed by atoms with Crippen molar-refractivity contribution in [2.75, 3.05) is 11.1 Å². The van der Waals surface area contributed by atoms with E-state index in [1.54, 1.807) is 0 Å². The van der Waals surface area contributed by atoms with E-state index in [-0.39, 0.29) is 22.9 Å². The Morgan fingerprint density at radius 1 is 1.29 bits per heavy atom. The average molecular weight is 293 g/mol. The van der Waals surface area contributed by atoms with Crippen molar-refractivity contribution in [3.63, 3.8) is 0 Å². The molecule has 0 saturated heterocycles. The van der Waals surface area contributed by atoms with E-state index in [4.69, 9.17) is 0 Å². The van der Waals surface area contributed by atoms with Crippen LogP contribution in [0.4, 0.5) is 13.2 Å². The standard InChI is InChI=1S/C9H16BrF3S/c1-7(2)8(3,6-10)4-5-14-9(11,12)13/h7H,4-6H2,1-3H3. The first kappa shape index (κ1) is 14.6. The first-order chi connectivity index (χ1) is 6.21. The number of thioether (sulfide) groups is 1. The maximum Gasteiger partial charge on any atom is 0.441 e. The van der Waals surface area contributed by atoms with Gasteiger partial charge in [-0.3, -0.25) is 0 Å². The Labute approximate surface area is 96.1 Å². The fraction of sp³-hybridized carbons (Fsp3) is 1.00. The summed E-state index contributed by atoms with van der Waals surface area (Å²) in [6.07, 6.45) is 0.583. The highest BCUT2D eigenvalue weighted by molar-refractivity contribution is 9.09. The minimum atomic E-state index is -4.09. The maximum absolute atomic E-state index is 11.9. The van der Waals surface area contributed by atoms with Crippen molar-refractivity contribution in [3.8, 4) is 0 Å². The number of rotatable bonds is 5. The van der Waals surface area contributed by atoms with E-state index in [1.807, 2.05) is 20.8 Å². The van der Waals surface area contributed by atoms with E-state index < -0.39 is 5.51 Å². The van der Waals surface area contributed by atoms with Gasteiger partial charge in [0.25, 0.3) is 0 Å². The van der Waals surface area contributed by atoms with Gasteiger partial charge in [-0.1, -0.05) is 48.5 Å². The normalized spacial score (nSPS) is 17.1. The number of alkyl halides is 4. The van der Waals surface area contributed by atoms with E-state index in [0.717, 1.165) is 5.33 Å². The van der Waals surface area contributed by atoms with Crippen LogP contribution in [0.15, 0.2) is 0 Å². The van der Waals surface area contributed by atoms with E-state index >= 15 is 0 Å². The molecule has 0 aliphatic carbocycles. The van der Waals surface area contributed by atoms with Crippen molar-refractivity contribution in [2.45, 2.75) is 32.7 Å². The number of hydrogen-bond acceptors (Lipinski definition) is 1. The third-order valence-corrected chi connectivity index (χ3v) is 4.65. The molecule has 0 aromatic rings. The zero-order valence-electron chi connectivity index (χ0n) is 8.62. The van der Waals surface area contributed by atoms with Crippen LogP contribution in [-0.4, -0.2) is 16.6 Å². The Morgan fingerprint density at radius 3 is 2.07 bits per heavy atom. The van der Waals surface area contributed by atoms with Crippen LogP contribution in [0.25, 0.3) is 0 Å². The summed E-state index contributed by atoms with van der Waals surface area (Å²) in [6, 6.07) is 0. The molecule has 0 heterocycles. The SMILES string of the molecule is CC(C)C(C)(CBr)CCSC(F)(F)F. The third kappa shape index (κ3) is 5.49. The van der Waals surface area contributed by atoms with Crippen LogP contribution in [0.5, 0.6) is 0 Å². The number of hydrogen-bond donors (Lipinski definition) is 0. The molecule has 0 nitrogen and oxygen atoms in total. The van der Waals surface area contributed by atoms with Gasteiger partial charge in [0, 0.05) is 11.1 Å². The van der Waals surface area contributed by atoms with Gasteiger partial charge in [0.1, 0.15) is 0 Å². The third-order valence-electron chi connectivity index (χ3n) is 2.64. The van der Waals surface area contributed by atoms with Crippen molar-refractivity contribution in [3.05, 3.63) is 0 Å². The fourth-order valence-corrected chi connectivity index (χ4v) is 2.64. The van der Waals surface area contributed by atoms with E-state index in [2.05, 4.69) is 15.9 Å². The maximum atomic E-state index is 11.9. The topological polar surface area (TPSA) is 0 Å². The van der Waals surface area contributed by atoms with E-state index in [1.165, 1.54) is 0 Å². The molecule has 0 N–H and O–H groups in total. The average Bonchev–Trinajstić information content (AvgIpc) is 2.01. The Hall–Kier alpha value is 0.620. The van der Waals surface area contributed by atoms with Gasteiger partial charge in [0.05, 0.1) is 0 Å². The lowest BCUT2D eigenvalue weighted by Gasteiger charge is -2.31. The molecule has 1 unspecified atom stereocenters. The van der Waals surface area contributed by atoms with Gasteiger partial charge in [-0.2, -0.15) is 13.2 Å². The molecule has 14 heavy (non-hydrogen) atoms. The molecule has 0 fully saturated rings. The number of halogens is 4. The summed E-state index contributed by atoms with van der Waals surface area (Å²) in [5, 5.41) is 0.746. The molecular weight excluding hydrogens is 277 g/mol. The summed E-state index contributed by atoms with van der Waals surface area (Å²) in [5.41, 5.74) is -4.14. The van der Waals surface area contributed by atoms with Gasteiger partial charge in [0.15, 0.2) is 0 Å². The Balaban J connectivity index is 3.97. The van der Waals surface area contributed by atoms with Gasteiger partial charge in [-0.25, -0.2) is 0 Å². The summed E-state index contributed by atoms with van der Waals surface area (Å²) in [5.74, 6) is 0.528. The molecule has 0 spiro atoms. The summed E-state index contributed by atoms with van der Waals surface area (Å²) in [7, 11) is 0. The fourth-order valence-electron chi connectivity index (χ4n) is 0.910. The summed E-state index contributed by atoms with van der Waals surface area (Å²) >= 11 is 3.44. The van der Waals surface area contributed by atoms with Crippen LogP contribution in [0.3, 0.4) is 0 Å². The van der Waals surface area contributed by atoms with Gasteiger partial charge >= 0.3 is 5.51 Å². The minimum absolute atomic E-state index is 0.0434. The molecule has 0 aliphatic heterocycles. The first-order valence-electron chi connectivity index (χ1n) is 4.48. The lowest BCUT2D eigenvalue weighted by Crippen LogP contribution is -2.26. The van der Waals surface area contributed by atoms with Crippen molar-refractivity contribution < 1.29 is 13.2 Å². The molecule has 5 heteroatoms. The van der Waals surface area contributed by atoms with Crippen LogP contribution >= 0.6 is 27.7 Å². The smallest absolute Gasteiger partial charge is 0.160 e. The molecule has 1 atom stereocenters. The molecule has 0 aliphatic rings. The van der Waals surface area contributed by atoms with E-state index in [0.29, 0.717) is 12.3 Å². The largest absolute Gasteiger partial charge is 0.441 e. The van der Waals surface area contributed by atoms with Crippen molar-refractivity contribution in [2.24, 2.45) is 11.3 Å². The molecule has 0 bridgehead atoms. The van der Waals surface area contributed by atoms with Gasteiger partial charge < -0.3 is 0 Å². The lowest BCUT2D eigenvalue weighted by atomic mass is 9.79. The summed E-state index contributed by atoms with van der Waals surface area (Å²) in [6.45, 7) is 6.10. The van der Waals surface area contributed by atoms with Crippen LogP contribution in [0.2, 0.25) is 0 Å². The molecule has 0 aromatic heterocycles. The highest BCUT2D eigenvalue weighted by Gasteiger charge is 2.31. The van der Waals surface area contributed by atoms with Crippen LogP contribution in [-0.2, 0) is 0 Å². The van der Waals surface area contributed by atoms with E-state index in [9.17, 15) is 13.2 Å². The van der Waals surface area contributed by atoms with Gasteiger partial charge in [-0.15, -0.1) is 0 Å². The molecule has 0 rings (SSSR count). The second-order valence-corrected chi connectivity index (χ2v) is 5.71. The predicted molar refractivity (Wildman–Crippen MR) is 59.9 cm³/mol. The van der Waals surface area contributed by atoms with Crippen LogP contribution in [0, 0.1) is 11.3 Å². The molecule has 0 saturated carbocycles. The van der Waals surface area contributed by atoms with Crippen LogP contribution < -0.4 is 0 Å².